The number of aryl methyl sites for hydroxylation is 3. The topological polar surface area (TPSA) is 43.3 Å². The van der Waals surface area contributed by atoms with E-state index in [1.165, 1.54) is 10.9 Å². The molecule has 4 nitrogen and oxygen atoms in total. The summed E-state index contributed by atoms with van der Waals surface area (Å²) >= 11 is 6.22. The quantitative estimate of drug-likeness (QED) is 0.401. The Balaban J connectivity index is 1.58. The van der Waals surface area contributed by atoms with Gasteiger partial charge in [0.05, 0.1) is 0 Å². The van der Waals surface area contributed by atoms with Gasteiger partial charge in [0, 0.05) is 39.1 Å². The SMILES string of the molecule is CCn1c2ccccc2c2cc(NC(=O)[C@@H](C)Oc3cc(C)c(Cl)c(C)c3)ccc21. The van der Waals surface area contributed by atoms with E-state index in [2.05, 4.69) is 41.1 Å². The Morgan fingerprint density at radius 3 is 2.40 bits per heavy atom. The molecule has 1 atom stereocenters. The molecule has 0 radical (unpaired) electrons. The molecule has 0 aliphatic rings. The molecule has 0 fully saturated rings. The summed E-state index contributed by atoms with van der Waals surface area (Å²) in [4.78, 5) is 12.7. The van der Waals surface area contributed by atoms with E-state index in [9.17, 15) is 4.79 Å². The summed E-state index contributed by atoms with van der Waals surface area (Å²) in [6.45, 7) is 8.63. The highest BCUT2D eigenvalue weighted by Crippen LogP contribution is 2.31. The maximum absolute atomic E-state index is 12.7. The highest BCUT2D eigenvalue weighted by atomic mass is 35.5. The van der Waals surface area contributed by atoms with E-state index >= 15 is 0 Å². The van der Waals surface area contributed by atoms with Crippen molar-refractivity contribution >= 4 is 45.0 Å². The van der Waals surface area contributed by atoms with Crippen molar-refractivity contribution in [2.24, 2.45) is 0 Å². The summed E-state index contributed by atoms with van der Waals surface area (Å²) in [5, 5.41) is 6.02. The first-order chi connectivity index (χ1) is 14.4. The summed E-state index contributed by atoms with van der Waals surface area (Å²) in [5.41, 5.74) is 4.97. The average molecular weight is 421 g/mol. The molecule has 30 heavy (non-hydrogen) atoms. The number of halogens is 1. The van der Waals surface area contributed by atoms with Gasteiger partial charge < -0.3 is 14.6 Å². The Labute approximate surface area is 181 Å². The third kappa shape index (κ3) is 3.63. The molecule has 1 N–H and O–H groups in total. The van der Waals surface area contributed by atoms with Gasteiger partial charge in [-0.2, -0.15) is 0 Å². The molecule has 0 bridgehead atoms. The van der Waals surface area contributed by atoms with Crippen molar-refractivity contribution in [2.45, 2.75) is 40.3 Å². The standard InChI is InChI=1S/C25H25ClN2O2/c1-5-28-22-9-7-6-8-20(22)21-14-18(10-11-23(21)28)27-25(29)17(4)30-19-12-15(2)24(26)16(3)13-19/h6-14,17H,5H2,1-4H3,(H,27,29)/t17-/m1/s1. The van der Waals surface area contributed by atoms with Crippen LogP contribution < -0.4 is 10.1 Å². The second kappa shape index (κ2) is 8.04. The number of benzene rings is 3. The summed E-state index contributed by atoms with van der Waals surface area (Å²) in [7, 11) is 0. The van der Waals surface area contributed by atoms with Crippen LogP contribution in [0.3, 0.4) is 0 Å². The van der Waals surface area contributed by atoms with Gasteiger partial charge in [-0.3, -0.25) is 4.79 Å². The van der Waals surface area contributed by atoms with E-state index in [1.54, 1.807) is 6.92 Å². The van der Waals surface area contributed by atoms with E-state index in [0.717, 1.165) is 39.3 Å². The number of anilines is 1. The Morgan fingerprint density at radius 1 is 1.03 bits per heavy atom. The van der Waals surface area contributed by atoms with Gasteiger partial charge >= 0.3 is 0 Å². The fraction of sp³-hybridized carbons (Fsp3) is 0.240. The van der Waals surface area contributed by atoms with Crippen molar-refractivity contribution in [2.75, 3.05) is 5.32 Å². The zero-order valence-corrected chi connectivity index (χ0v) is 18.4. The predicted molar refractivity (Wildman–Crippen MR) is 125 cm³/mol. The Bertz CT molecular complexity index is 1240. The van der Waals surface area contributed by atoms with Crippen molar-refractivity contribution < 1.29 is 9.53 Å². The maximum atomic E-state index is 12.7. The Morgan fingerprint density at radius 2 is 1.70 bits per heavy atom. The summed E-state index contributed by atoms with van der Waals surface area (Å²) in [6, 6.07) is 18.1. The first kappa shape index (κ1) is 20.3. The molecule has 0 saturated heterocycles. The predicted octanol–water partition coefficient (Wildman–Crippen LogP) is 6.49. The lowest BCUT2D eigenvalue weighted by atomic mass is 10.1. The molecule has 1 heterocycles. The molecule has 0 unspecified atom stereocenters. The highest BCUT2D eigenvalue weighted by Gasteiger charge is 2.17. The van der Waals surface area contributed by atoms with Crippen LogP contribution in [0.2, 0.25) is 5.02 Å². The van der Waals surface area contributed by atoms with Gasteiger partial charge in [-0.1, -0.05) is 29.8 Å². The molecule has 3 aromatic carbocycles. The minimum atomic E-state index is -0.641. The second-order valence-corrected chi connectivity index (χ2v) is 7.99. The van der Waals surface area contributed by atoms with Crippen molar-refractivity contribution in [1.82, 2.24) is 4.57 Å². The Hall–Kier alpha value is -2.98. The lowest BCUT2D eigenvalue weighted by Crippen LogP contribution is -2.30. The van der Waals surface area contributed by atoms with Gasteiger partial charge in [0.1, 0.15) is 5.75 Å². The van der Waals surface area contributed by atoms with Crippen molar-refractivity contribution in [3.05, 3.63) is 70.7 Å². The number of hydrogen-bond acceptors (Lipinski definition) is 2. The van der Waals surface area contributed by atoms with E-state index in [4.69, 9.17) is 16.3 Å². The van der Waals surface area contributed by atoms with Crippen molar-refractivity contribution in [1.29, 1.82) is 0 Å². The molecule has 154 valence electrons. The van der Waals surface area contributed by atoms with Crippen molar-refractivity contribution in [3.63, 3.8) is 0 Å². The molecule has 4 aromatic rings. The molecule has 4 rings (SSSR count). The van der Waals surface area contributed by atoms with Crippen LogP contribution in [0.25, 0.3) is 21.8 Å². The molecule has 0 saturated carbocycles. The van der Waals surface area contributed by atoms with Gasteiger partial charge in [-0.15, -0.1) is 0 Å². The van der Waals surface area contributed by atoms with Crippen LogP contribution in [-0.2, 0) is 11.3 Å². The fourth-order valence-corrected chi connectivity index (χ4v) is 4.06. The monoisotopic (exact) mass is 420 g/mol. The van der Waals surface area contributed by atoms with Crippen LogP contribution in [-0.4, -0.2) is 16.6 Å². The van der Waals surface area contributed by atoms with Gasteiger partial charge in [-0.05, 0) is 75.2 Å². The molecule has 1 aromatic heterocycles. The smallest absolute Gasteiger partial charge is 0.265 e. The van der Waals surface area contributed by atoms with Crippen LogP contribution in [0.5, 0.6) is 5.75 Å². The van der Waals surface area contributed by atoms with Gasteiger partial charge in [0.25, 0.3) is 5.91 Å². The first-order valence-corrected chi connectivity index (χ1v) is 10.5. The molecule has 0 aliphatic carbocycles. The van der Waals surface area contributed by atoms with E-state index in [-0.39, 0.29) is 5.91 Å². The number of aromatic nitrogens is 1. The number of ether oxygens (including phenoxy) is 1. The number of carbonyl (C=O) groups is 1. The summed E-state index contributed by atoms with van der Waals surface area (Å²) in [5.74, 6) is 0.442. The number of rotatable bonds is 5. The average Bonchev–Trinajstić information content (AvgIpc) is 3.05. The minimum Gasteiger partial charge on any atom is -0.481 e. The number of nitrogens with zero attached hydrogens (tertiary/aromatic N) is 1. The zero-order chi connectivity index (χ0) is 21.4. The van der Waals surface area contributed by atoms with E-state index in [0.29, 0.717) is 5.75 Å². The number of carbonyl (C=O) groups excluding carboxylic acids is 1. The lowest BCUT2D eigenvalue weighted by Gasteiger charge is -2.16. The third-order valence-corrected chi connectivity index (χ3v) is 6.04. The molecule has 0 aliphatic heterocycles. The van der Waals surface area contributed by atoms with Crippen LogP contribution >= 0.6 is 11.6 Å². The molecular weight excluding hydrogens is 396 g/mol. The first-order valence-electron chi connectivity index (χ1n) is 10.1. The fourth-order valence-electron chi connectivity index (χ4n) is 3.95. The van der Waals surface area contributed by atoms with Gasteiger partial charge in [-0.25, -0.2) is 0 Å². The maximum Gasteiger partial charge on any atom is 0.265 e. The van der Waals surface area contributed by atoms with Crippen LogP contribution in [0, 0.1) is 13.8 Å². The van der Waals surface area contributed by atoms with E-state index in [1.807, 2.05) is 44.2 Å². The molecule has 5 heteroatoms. The van der Waals surface area contributed by atoms with Crippen molar-refractivity contribution in [3.8, 4) is 5.75 Å². The molecule has 1 amide bonds. The number of para-hydroxylation sites is 1. The van der Waals surface area contributed by atoms with Crippen LogP contribution in [0.15, 0.2) is 54.6 Å². The number of nitrogens with one attached hydrogen (secondary N) is 1. The summed E-state index contributed by atoms with van der Waals surface area (Å²) < 4.78 is 8.15. The minimum absolute atomic E-state index is 0.196. The number of amides is 1. The molecular formula is C25H25ClN2O2. The largest absolute Gasteiger partial charge is 0.481 e. The Kier molecular flexibility index (Phi) is 5.44. The second-order valence-electron chi connectivity index (χ2n) is 7.61. The third-order valence-electron chi connectivity index (χ3n) is 5.45. The normalized spacial score (nSPS) is 12.3. The van der Waals surface area contributed by atoms with Crippen LogP contribution in [0.4, 0.5) is 5.69 Å². The zero-order valence-electron chi connectivity index (χ0n) is 17.6. The summed E-state index contributed by atoms with van der Waals surface area (Å²) in [6.07, 6.45) is -0.641. The van der Waals surface area contributed by atoms with Gasteiger partial charge in [0.15, 0.2) is 6.10 Å². The van der Waals surface area contributed by atoms with E-state index < -0.39 is 6.10 Å². The van der Waals surface area contributed by atoms with Gasteiger partial charge in [0.2, 0.25) is 0 Å². The number of fused-ring (bicyclic) bond motifs is 3. The van der Waals surface area contributed by atoms with Crippen LogP contribution in [0.1, 0.15) is 25.0 Å². The number of hydrogen-bond donors (Lipinski definition) is 1. The highest BCUT2D eigenvalue weighted by molar-refractivity contribution is 6.32. The lowest BCUT2D eigenvalue weighted by molar-refractivity contribution is -0.122. The molecule has 0 spiro atoms.